The van der Waals surface area contributed by atoms with E-state index in [2.05, 4.69) is 22.0 Å². The molecule has 0 fully saturated rings. The third-order valence-electron chi connectivity index (χ3n) is 3.16. The molecule has 0 N–H and O–H groups in total. The highest BCUT2D eigenvalue weighted by Gasteiger charge is 2.42. The molecule has 1 aliphatic rings. The van der Waals surface area contributed by atoms with Crippen LogP contribution in [0.2, 0.25) is 0 Å². The number of nitrogens with zero attached hydrogens (tertiary/aromatic N) is 1. The van der Waals surface area contributed by atoms with E-state index >= 15 is 0 Å². The number of hydrogen-bond acceptors (Lipinski definition) is 1. The van der Waals surface area contributed by atoms with E-state index in [0.717, 1.165) is 29.5 Å². The summed E-state index contributed by atoms with van der Waals surface area (Å²) in [5, 5.41) is 0.930. The molecule has 0 saturated heterocycles. The van der Waals surface area contributed by atoms with Gasteiger partial charge in [0.25, 0.3) is 0 Å². The van der Waals surface area contributed by atoms with Crippen LogP contribution in [0.15, 0.2) is 24.3 Å². The molecule has 2 nitrogen and oxygen atoms in total. The van der Waals surface area contributed by atoms with Gasteiger partial charge in [0.15, 0.2) is 0 Å². The first kappa shape index (κ1) is 11.6. The number of para-hydroxylation sites is 1. The van der Waals surface area contributed by atoms with E-state index in [1.165, 1.54) is 0 Å². The van der Waals surface area contributed by atoms with Crippen LogP contribution < -0.4 is 4.90 Å². The number of fused-ring (bicyclic) bond motifs is 1. The van der Waals surface area contributed by atoms with Gasteiger partial charge in [-0.3, -0.25) is 4.79 Å². The molecule has 0 aromatic heterocycles. The van der Waals surface area contributed by atoms with E-state index in [4.69, 9.17) is 0 Å². The van der Waals surface area contributed by atoms with Crippen molar-refractivity contribution in [2.24, 2.45) is 0 Å². The van der Waals surface area contributed by atoms with Crippen molar-refractivity contribution in [2.75, 3.05) is 16.8 Å². The highest BCUT2D eigenvalue weighted by atomic mass is 79.9. The summed E-state index contributed by atoms with van der Waals surface area (Å²) in [7, 11) is 0. The second-order valence-electron chi connectivity index (χ2n) is 4.64. The predicted octanol–water partition coefficient (Wildman–Crippen LogP) is 3.10. The van der Waals surface area contributed by atoms with Gasteiger partial charge in [-0.2, -0.15) is 0 Å². The first-order valence-corrected chi connectivity index (χ1v) is 6.68. The smallest absolute Gasteiger partial charge is 0.237 e. The number of rotatable bonds is 3. The lowest BCUT2D eigenvalue weighted by Gasteiger charge is -2.19. The van der Waals surface area contributed by atoms with Gasteiger partial charge < -0.3 is 4.90 Å². The molecule has 1 heterocycles. The van der Waals surface area contributed by atoms with Crippen LogP contribution in [0, 0.1) is 0 Å². The molecule has 86 valence electrons. The molecule has 0 spiro atoms. The minimum absolute atomic E-state index is 0.217. The zero-order valence-electron chi connectivity index (χ0n) is 9.66. The third kappa shape index (κ3) is 1.67. The molecule has 0 bridgehead atoms. The Bertz CT molecular complexity index is 414. The monoisotopic (exact) mass is 281 g/mol. The SMILES string of the molecule is CC1(C)C(=O)N(CCCBr)c2ccccc21. The van der Waals surface area contributed by atoms with E-state index in [-0.39, 0.29) is 11.3 Å². The zero-order chi connectivity index (χ0) is 11.8. The van der Waals surface area contributed by atoms with Crippen LogP contribution in [0.5, 0.6) is 0 Å². The molecule has 0 saturated carbocycles. The molecule has 16 heavy (non-hydrogen) atoms. The minimum atomic E-state index is -0.372. The zero-order valence-corrected chi connectivity index (χ0v) is 11.3. The van der Waals surface area contributed by atoms with E-state index in [1.807, 2.05) is 36.9 Å². The molecule has 3 heteroatoms. The van der Waals surface area contributed by atoms with Crippen molar-refractivity contribution in [1.29, 1.82) is 0 Å². The quantitative estimate of drug-likeness (QED) is 0.780. The van der Waals surface area contributed by atoms with Gasteiger partial charge in [0, 0.05) is 17.6 Å². The first-order valence-electron chi connectivity index (χ1n) is 5.56. The number of amides is 1. The predicted molar refractivity (Wildman–Crippen MR) is 70.2 cm³/mol. The number of anilines is 1. The Balaban J connectivity index is 2.39. The van der Waals surface area contributed by atoms with Gasteiger partial charge in [0.1, 0.15) is 0 Å². The van der Waals surface area contributed by atoms with Gasteiger partial charge in [-0.1, -0.05) is 34.1 Å². The van der Waals surface area contributed by atoms with Crippen LogP contribution in [-0.2, 0) is 10.2 Å². The van der Waals surface area contributed by atoms with Crippen molar-refractivity contribution >= 4 is 27.5 Å². The fourth-order valence-electron chi connectivity index (χ4n) is 2.24. The van der Waals surface area contributed by atoms with Crippen molar-refractivity contribution in [3.63, 3.8) is 0 Å². The number of halogens is 1. The molecule has 2 rings (SSSR count). The summed E-state index contributed by atoms with van der Waals surface area (Å²) in [6.45, 7) is 4.80. The normalized spacial score (nSPS) is 17.7. The average Bonchev–Trinajstić information content (AvgIpc) is 2.47. The van der Waals surface area contributed by atoms with Gasteiger partial charge in [0.2, 0.25) is 5.91 Å². The average molecular weight is 282 g/mol. The summed E-state index contributed by atoms with van der Waals surface area (Å²) in [4.78, 5) is 14.2. The van der Waals surface area contributed by atoms with Gasteiger partial charge in [-0.15, -0.1) is 0 Å². The lowest BCUT2D eigenvalue weighted by Crippen LogP contribution is -2.36. The number of benzene rings is 1. The summed E-state index contributed by atoms with van der Waals surface area (Å²) >= 11 is 3.41. The second-order valence-corrected chi connectivity index (χ2v) is 5.43. The standard InChI is InChI=1S/C13H16BrNO/c1-13(2)10-6-3-4-7-11(10)15(12(13)16)9-5-8-14/h3-4,6-7H,5,8-9H2,1-2H3. The number of carbonyl (C=O) groups excluding carboxylic acids is 1. The molecule has 1 aromatic carbocycles. The van der Waals surface area contributed by atoms with Crippen molar-refractivity contribution in [3.05, 3.63) is 29.8 Å². The Morgan fingerprint density at radius 3 is 2.69 bits per heavy atom. The molecular formula is C13H16BrNO. The van der Waals surface area contributed by atoms with Crippen molar-refractivity contribution in [1.82, 2.24) is 0 Å². The highest BCUT2D eigenvalue weighted by molar-refractivity contribution is 9.09. The van der Waals surface area contributed by atoms with Gasteiger partial charge in [-0.05, 0) is 31.9 Å². The Morgan fingerprint density at radius 1 is 1.31 bits per heavy atom. The Morgan fingerprint density at radius 2 is 2.00 bits per heavy atom. The number of carbonyl (C=O) groups is 1. The Kier molecular flexibility index (Phi) is 3.06. The van der Waals surface area contributed by atoms with E-state index in [0.29, 0.717) is 0 Å². The second kappa shape index (κ2) is 4.21. The van der Waals surface area contributed by atoms with Crippen LogP contribution in [-0.4, -0.2) is 17.8 Å². The molecule has 0 aliphatic carbocycles. The lowest BCUT2D eigenvalue weighted by molar-refractivity contribution is -0.122. The molecular weight excluding hydrogens is 266 g/mol. The lowest BCUT2D eigenvalue weighted by atomic mass is 9.86. The minimum Gasteiger partial charge on any atom is -0.311 e. The molecule has 0 radical (unpaired) electrons. The first-order chi connectivity index (χ1) is 7.59. The summed E-state index contributed by atoms with van der Waals surface area (Å²) in [5.41, 5.74) is 1.86. The van der Waals surface area contributed by atoms with Gasteiger partial charge in [-0.25, -0.2) is 0 Å². The molecule has 1 aliphatic heterocycles. The van der Waals surface area contributed by atoms with Gasteiger partial charge in [0.05, 0.1) is 5.41 Å². The van der Waals surface area contributed by atoms with E-state index < -0.39 is 0 Å². The molecule has 1 amide bonds. The number of hydrogen-bond donors (Lipinski definition) is 0. The van der Waals surface area contributed by atoms with E-state index in [9.17, 15) is 4.79 Å². The largest absolute Gasteiger partial charge is 0.311 e. The van der Waals surface area contributed by atoms with Crippen LogP contribution >= 0.6 is 15.9 Å². The fourth-order valence-corrected chi connectivity index (χ4v) is 2.49. The third-order valence-corrected chi connectivity index (χ3v) is 3.72. The maximum atomic E-state index is 12.3. The summed E-state index contributed by atoms with van der Waals surface area (Å²) in [5.74, 6) is 0.217. The molecule has 0 atom stereocenters. The Hall–Kier alpha value is -0.830. The molecule has 1 aromatic rings. The topological polar surface area (TPSA) is 20.3 Å². The highest BCUT2D eigenvalue weighted by Crippen LogP contribution is 2.41. The van der Waals surface area contributed by atoms with Crippen molar-refractivity contribution in [2.45, 2.75) is 25.7 Å². The number of alkyl halides is 1. The van der Waals surface area contributed by atoms with Crippen LogP contribution in [0.3, 0.4) is 0 Å². The maximum absolute atomic E-state index is 12.3. The summed E-state index contributed by atoms with van der Waals surface area (Å²) in [6.07, 6.45) is 0.982. The van der Waals surface area contributed by atoms with Crippen molar-refractivity contribution in [3.8, 4) is 0 Å². The fraction of sp³-hybridized carbons (Fsp3) is 0.462. The van der Waals surface area contributed by atoms with Crippen LogP contribution in [0.4, 0.5) is 5.69 Å². The van der Waals surface area contributed by atoms with Gasteiger partial charge >= 0.3 is 0 Å². The van der Waals surface area contributed by atoms with Crippen molar-refractivity contribution < 1.29 is 4.79 Å². The van der Waals surface area contributed by atoms with E-state index in [1.54, 1.807) is 0 Å². The summed E-state index contributed by atoms with van der Waals surface area (Å²) < 4.78 is 0. The maximum Gasteiger partial charge on any atom is 0.237 e. The molecule has 0 unspecified atom stereocenters. The van der Waals surface area contributed by atoms with Crippen LogP contribution in [0.1, 0.15) is 25.8 Å². The van der Waals surface area contributed by atoms with Crippen LogP contribution in [0.25, 0.3) is 0 Å². The Labute approximate surface area is 105 Å². The summed E-state index contributed by atoms with van der Waals surface area (Å²) in [6, 6.07) is 8.09.